The van der Waals surface area contributed by atoms with Crippen LogP contribution >= 0.6 is 11.3 Å². The van der Waals surface area contributed by atoms with Crippen LogP contribution in [0.2, 0.25) is 0 Å². The highest BCUT2D eigenvalue weighted by atomic mass is 32.1. The van der Waals surface area contributed by atoms with Gasteiger partial charge in [-0.05, 0) is 17.5 Å². The molecule has 0 unspecified atom stereocenters. The highest BCUT2D eigenvalue weighted by Gasteiger charge is 2.13. The van der Waals surface area contributed by atoms with Gasteiger partial charge in [0.2, 0.25) is 0 Å². The second-order valence-electron chi connectivity index (χ2n) is 4.43. The largest absolute Gasteiger partial charge is 0.507 e. The second-order valence-corrected chi connectivity index (χ2v) is 5.38. The van der Waals surface area contributed by atoms with E-state index < -0.39 is 0 Å². The molecule has 0 radical (unpaired) electrons. The molecule has 1 fully saturated rings. The lowest BCUT2D eigenvalue weighted by Crippen LogP contribution is -2.42. The quantitative estimate of drug-likeness (QED) is 0.853. The summed E-state index contributed by atoms with van der Waals surface area (Å²) in [5.74, 6) is 0.460. The van der Waals surface area contributed by atoms with E-state index in [1.165, 1.54) is 0 Å². The third-order valence-electron chi connectivity index (χ3n) is 3.29. The molecule has 0 saturated carbocycles. The maximum Gasteiger partial charge on any atom is 0.128 e. The summed E-state index contributed by atoms with van der Waals surface area (Å²) in [7, 11) is 0. The summed E-state index contributed by atoms with van der Waals surface area (Å²) in [5.41, 5.74) is 1.04. The summed E-state index contributed by atoms with van der Waals surface area (Å²) in [6.45, 7) is 5.05. The van der Waals surface area contributed by atoms with Crippen molar-refractivity contribution in [2.24, 2.45) is 0 Å². The first-order chi connectivity index (χ1) is 8.34. The van der Waals surface area contributed by atoms with Crippen molar-refractivity contribution in [3.05, 3.63) is 29.1 Å². The van der Waals surface area contributed by atoms with Crippen molar-refractivity contribution in [3.63, 3.8) is 0 Å². The first kappa shape index (κ1) is 11.0. The number of thiophene rings is 1. The molecule has 1 aromatic carbocycles. The number of hydrogen-bond acceptors (Lipinski definition) is 4. The van der Waals surface area contributed by atoms with E-state index in [2.05, 4.69) is 22.3 Å². The van der Waals surface area contributed by atoms with Crippen LogP contribution in [0.1, 0.15) is 5.56 Å². The predicted octanol–water partition coefficient (Wildman–Crippen LogP) is 2.01. The van der Waals surface area contributed by atoms with Crippen molar-refractivity contribution in [1.29, 1.82) is 0 Å². The zero-order valence-electron chi connectivity index (χ0n) is 9.65. The van der Waals surface area contributed by atoms with Crippen LogP contribution in [0.4, 0.5) is 0 Å². The van der Waals surface area contributed by atoms with Crippen molar-refractivity contribution in [1.82, 2.24) is 10.2 Å². The van der Waals surface area contributed by atoms with Gasteiger partial charge in [0, 0.05) is 48.4 Å². The molecule has 0 spiro atoms. The average Bonchev–Trinajstić information content (AvgIpc) is 2.83. The molecule has 2 heterocycles. The predicted molar refractivity (Wildman–Crippen MR) is 71.6 cm³/mol. The first-order valence-electron chi connectivity index (χ1n) is 5.96. The lowest BCUT2D eigenvalue weighted by atomic mass is 10.1. The number of nitrogens with one attached hydrogen (secondary N) is 1. The molecule has 1 aromatic heterocycles. The van der Waals surface area contributed by atoms with Crippen LogP contribution in [0.3, 0.4) is 0 Å². The Morgan fingerprint density at radius 1 is 1.24 bits per heavy atom. The molecule has 0 aliphatic carbocycles. The van der Waals surface area contributed by atoms with Gasteiger partial charge in [0.25, 0.3) is 0 Å². The monoisotopic (exact) mass is 248 g/mol. The van der Waals surface area contributed by atoms with Crippen LogP contribution in [0, 0.1) is 0 Å². The van der Waals surface area contributed by atoms with Gasteiger partial charge in [0.15, 0.2) is 0 Å². The van der Waals surface area contributed by atoms with Crippen LogP contribution in [0.25, 0.3) is 10.1 Å². The first-order valence-corrected chi connectivity index (χ1v) is 6.84. The highest BCUT2D eigenvalue weighted by Crippen LogP contribution is 2.32. The second kappa shape index (κ2) is 4.64. The van der Waals surface area contributed by atoms with Gasteiger partial charge < -0.3 is 10.4 Å². The minimum atomic E-state index is 0.460. The smallest absolute Gasteiger partial charge is 0.128 e. The maximum absolute atomic E-state index is 10.2. The lowest BCUT2D eigenvalue weighted by molar-refractivity contribution is 0.231. The minimum absolute atomic E-state index is 0.460. The summed E-state index contributed by atoms with van der Waals surface area (Å²) in [6, 6.07) is 6.16. The number of nitrogens with zero attached hydrogens (tertiary/aromatic N) is 1. The molecule has 0 bridgehead atoms. The van der Waals surface area contributed by atoms with Gasteiger partial charge in [-0.1, -0.05) is 6.07 Å². The molecule has 2 N–H and O–H groups in total. The Morgan fingerprint density at radius 3 is 2.88 bits per heavy atom. The van der Waals surface area contributed by atoms with E-state index >= 15 is 0 Å². The van der Waals surface area contributed by atoms with E-state index in [4.69, 9.17) is 0 Å². The molecular weight excluding hydrogens is 232 g/mol. The molecule has 0 amide bonds. The molecule has 4 heteroatoms. The van der Waals surface area contributed by atoms with Crippen LogP contribution < -0.4 is 5.32 Å². The average molecular weight is 248 g/mol. The molecule has 2 aromatic rings. The minimum Gasteiger partial charge on any atom is -0.507 e. The van der Waals surface area contributed by atoms with Gasteiger partial charge in [-0.3, -0.25) is 4.90 Å². The lowest BCUT2D eigenvalue weighted by Gasteiger charge is -2.27. The SMILES string of the molecule is Oc1c(CN2CCNCC2)ccc2sccc12. The fourth-order valence-electron chi connectivity index (χ4n) is 2.31. The number of aromatic hydroxyl groups is 1. The van der Waals surface area contributed by atoms with E-state index in [0.29, 0.717) is 5.75 Å². The Labute approximate surface area is 105 Å². The molecule has 1 aliphatic heterocycles. The highest BCUT2D eigenvalue weighted by molar-refractivity contribution is 7.17. The number of hydrogen-bond donors (Lipinski definition) is 2. The topological polar surface area (TPSA) is 35.5 Å². The van der Waals surface area contributed by atoms with Crippen LogP contribution in [0.15, 0.2) is 23.6 Å². The van der Waals surface area contributed by atoms with E-state index in [0.717, 1.165) is 48.4 Å². The molecule has 90 valence electrons. The number of fused-ring (bicyclic) bond motifs is 1. The summed E-state index contributed by atoms with van der Waals surface area (Å²) in [4.78, 5) is 2.38. The number of benzene rings is 1. The Hall–Kier alpha value is -1.10. The molecule has 0 atom stereocenters. The van der Waals surface area contributed by atoms with E-state index in [1.807, 2.05) is 11.4 Å². The zero-order valence-corrected chi connectivity index (χ0v) is 10.5. The third kappa shape index (κ3) is 2.16. The van der Waals surface area contributed by atoms with E-state index in [1.54, 1.807) is 11.3 Å². The van der Waals surface area contributed by atoms with E-state index in [9.17, 15) is 5.11 Å². The Kier molecular flexibility index (Phi) is 3.01. The molecule has 3 rings (SSSR count). The summed E-state index contributed by atoms with van der Waals surface area (Å²) >= 11 is 1.67. The fourth-order valence-corrected chi connectivity index (χ4v) is 3.10. The molecule has 1 aliphatic rings. The molecule has 17 heavy (non-hydrogen) atoms. The van der Waals surface area contributed by atoms with E-state index in [-0.39, 0.29) is 0 Å². The fraction of sp³-hybridized carbons (Fsp3) is 0.385. The number of phenols is 1. The zero-order chi connectivity index (χ0) is 11.7. The maximum atomic E-state index is 10.2. The van der Waals surface area contributed by atoms with Crippen LogP contribution in [0.5, 0.6) is 5.75 Å². The van der Waals surface area contributed by atoms with Crippen molar-refractivity contribution >= 4 is 21.4 Å². The Balaban J connectivity index is 1.86. The number of phenolic OH excluding ortho intramolecular Hbond substituents is 1. The van der Waals surface area contributed by atoms with Gasteiger partial charge in [0.1, 0.15) is 5.75 Å². The number of piperazine rings is 1. The van der Waals surface area contributed by atoms with Gasteiger partial charge >= 0.3 is 0 Å². The standard InChI is InChI=1S/C13H16N2OS/c16-13-10(9-15-6-4-14-5-7-15)1-2-12-11(13)3-8-17-12/h1-3,8,14,16H,4-7,9H2. The molecule has 3 nitrogen and oxygen atoms in total. The van der Waals surface area contributed by atoms with Gasteiger partial charge in [-0.2, -0.15) is 0 Å². The van der Waals surface area contributed by atoms with Crippen molar-refractivity contribution in [2.75, 3.05) is 26.2 Å². The van der Waals surface area contributed by atoms with Gasteiger partial charge in [-0.15, -0.1) is 11.3 Å². The van der Waals surface area contributed by atoms with Gasteiger partial charge in [0.05, 0.1) is 0 Å². The Morgan fingerprint density at radius 2 is 2.06 bits per heavy atom. The van der Waals surface area contributed by atoms with Crippen LogP contribution in [-0.4, -0.2) is 36.2 Å². The van der Waals surface area contributed by atoms with Crippen molar-refractivity contribution in [2.45, 2.75) is 6.54 Å². The summed E-state index contributed by atoms with van der Waals surface area (Å²) in [6.07, 6.45) is 0. The molecular formula is C13H16N2OS. The molecule has 1 saturated heterocycles. The van der Waals surface area contributed by atoms with Crippen molar-refractivity contribution in [3.8, 4) is 5.75 Å². The van der Waals surface area contributed by atoms with Gasteiger partial charge in [-0.25, -0.2) is 0 Å². The third-order valence-corrected chi connectivity index (χ3v) is 4.18. The summed E-state index contributed by atoms with van der Waals surface area (Å²) in [5, 5.41) is 16.6. The Bertz CT molecular complexity index is 517. The number of rotatable bonds is 2. The normalized spacial score (nSPS) is 17.6. The summed E-state index contributed by atoms with van der Waals surface area (Å²) < 4.78 is 1.16. The van der Waals surface area contributed by atoms with Crippen molar-refractivity contribution < 1.29 is 5.11 Å². The van der Waals surface area contributed by atoms with Crippen LogP contribution in [-0.2, 0) is 6.54 Å².